The van der Waals surface area contributed by atoms with Gasteiger partial charge in [-0.25, -0.2) is 9.97 Å². The number of methoxy groups -OCH3 is 2. The summed E-state index contributed by atoms with van der Waals surface area (Å²) in [6.07, 6.45) is 0.582. The van der Waals surface area contributed by atoms with Gasteiger partial charge in [0.05, 0.1) is 32.5 Å². The van der Waals surface area contributed by atoms with Crippen LogP contribution in [0.25, 0.3) is 28.0 Å². The van der Waals surface area contributed by atoms with Crippen LogP contribution in [0.1, 0.15) is 30.1 Å². The van der Waals surface area contributed by atoms with E-state index in [2.05, 4.69) is 15.1 Å². The number of fused-ring (bicyclic) bond motifs is 1. The van der Waals surface area contributed by atoms with Crippen LogP contribution in [0.3, 0.4) is 0 Å². The zero-order chi connectivity index (χ0) is 24.5. The molecule has 0 spiro atoms. The number of imidazole rings is 1. The Morgan fingerprint density at radius 2 is 1.74 bits per heavy atom. The van der Waals surface area contributed by atoms with Gasteiger partial charge in [0, 0.05) is 48.6 Å². The molecular weight excluding hydrogens is 451 g/mol. The van der Waals surface area contributed by atoms with Gasteiger partial charge in [-0.2, -0.15) is 18.3 Å². The number of aromatic nitrogens is 5. The summed E-state index contributed by atoms with van der Waals surface area (Å²) in [6.45, 7) is 2.75. The van der Waals surface area contributed by atoms with Gasteiger partial charge in [0.2, 0.25) is 0 Å². The molecule has 4 aromatic rings. The molecule has 0 saturated carbocycles. The van der Waals surface area contributed by atoms with Crippen molar-refractivity contribution in [1.82, 2.24) is 24.3 Å². The predicted molar refractivity (Wildman–Crippen MR) is 118 cm³/mol. The molecule has 1 aromatic carbocycles. The number of ketones is 1. The Hall–Kier alpha value is -3.89. The van der Waals surface area contributed by atoms with Gasteiger partial charge in [0.1, 0.15) is 28.9 Å². The highest BCUT2D eigenvalue weighted by molar-refractivity contribution is 6.01. The molecule has 0 radical (unpaired) electrons. The van der Waals surface area contributed by atoms with Crippen LogP contribution in [0.2, 0.25) is 0 Å². The summed E-state index contributed by atoms with van der Waals surface area (Å²) in [5.41, 5.74) is 3.44. The molecule has 11 heteroatoms. The number of ether oxygens (including phenoxy) is 2. The molecule has 0 bridgehead atoms. The normalized spacial score (nSPS) is 11.7. The number of aryl methyl sites for hydroxylation is 1. The zero-order valence-electron chi connectivity index (χ0n) is 18.8. The van der Waals surface area contributed by atoms with E-state index in [1.54, 1.807) is 35.4 Å². The van der Waals surface area contributed by atoms with Crippen molar-refractivity contribution in [3.05, 3.63) is 48.7 Å². The van der Waals surface area contributed by atoms with Crippen LogP contribution in [0, 0.1) is 0 Å². The second-order valence-corrected chi connectivity index (χ2v) is 7.53. The third kappa shape index (κ3) is 4.59. The van der Waals surface area contributed by atoms with Gasteiger partial charge in [0.15, 0.2) is 11.4 Å². The molecule has 4 rings (SSSR count). The smallest absolute Gasteiger partial charge is 0.389 e. The van der Waals surface area contributed by atoms with Crippen molar-refractivity contribution in [2.45, 2.75) is 32.5 Å². The van der Waals surface area contributed by atoms with Crippen LogP contribution in [-0.2, 0) is 6.54 Å². The van der Waals surface area contributed by atoms with Gasteiger partial charge >= 0.3 is 6.18 Å². The van der Waals surface area contributed by atoms with Gasteiger partial charge in [-0.1, -0.05) is 0 Å². The van der Waals surface area contributed by atoms with Crippen LogP contribution >= 0.6 is 0 Å². The van der Waals surface area contributed by atoms with Gasteiger partial charge < -0.3 is 9.47 Å². The maximum Gasteiger partial charge on any atom is 0.389 e. The Kier molecular flexibility index (Phi) is 6.27. The largest absolute Gasteiger partial charge is 0.496 e. The number of pyridine rings is 1. The van der Waals surface area contributed by atoms with E-state index in [-0.39, 0.29) is 17.1 Å². The highest BCUT2D eigenvalue weighted by Crippen LogP contribution is 2.35. The van der Waals surface area contributed by atoms with E-state index < -0.39 is 24.8 Å². The van der Waals surface area contributed by atoms with E-state index in [4.69, 9.17) is 9.47 Å². The minimum atomic E-state index is -4.44. The fraction of sp³-hybridized carbons (Fsp3) is 0.304. The summed E-state index contributed by atoms with van der Waals surface area (Å²) in [4.78, 5) is 21.5. The van der Waals surface area contributed by atoms with Crippen LogP contribution in [0.5, 0.6) is 11.5 Å². The average molecular weight is 473 g/mol. The second kappa shape index (κ2) is 9.16. The third-order valence-corrected chi connectivity index (χ3v) is 5.36. The Balaban J connectivity index is 1.72. The molecule has 0 aliphatic carbocycles. The lowest BCUT2D eigenvalue weighted by Crippen LogP contribution is -2.13. The fourth-order valence-electron chi connectivity index (χ4n) is 3.63. The Morgan fingerprint density at radius 1 is 1.03 bits per heavy atom. The summed E-state index contributed by atoms with van der Waals surface area (Å²) < 4.78 is 52.0. The van der Waals surface area contributed by atoms with Crippen LogP contribution < -0.4 is 9.47 Å². The van der Waals surface area contributed by atoms with Gasteiger partial charge in [-0.05, 0) is 13.0 Å². The monoisotopic (exact) mass is 473 g/mol. The molecule has 3 heterocycles. The molecule has 0 amide bonds. The summed E-state index contributed by atoms with van der Waals surface area (Å²) in [6, 6.07) is 4.98. The molecule has 0 saturated heterocycles. The van der Waals surface area contributed by atoms with Crippen molar-refractivity contribution in [2.24, 2.45) is 0 Å². The summed E-state index contributed by atoms with van der Waals surface area (Å²) in [7, 11) is 2.68. The SMILES string of the molecule is CCn1cc(-c2cnc3c(c2)ncn3-c2cc(OC)c(C(=O)CCC(F)(F)F)c(OC)c2)cn1. The fourth-order valence-corrected chi connectivity index (χ4v) is 3.63. The first-order valence-corrected chi connectivity index (χ1v) is 10.5. The molecule has 0 N–H and O–H groups in total. The molecular formula is C23H22F3N5O3. The number of halogens is 3. The molecule has 8 nitrogen and oxygen atoms in total. The number of benzene rings is 1. The van der Waals surface area contributed by atoms with Crippen molar-refractivity contribution >= 4 is 16.9 Å². The maximum atomic E-state index is 12.6. The third-order valence-electron chi connectivity index (χ3n) is 5.36. The van der Waals surface area contributed by atoms with Gasteiger partial charge in [-0.15, -0.1) is 0 Å². The van der Waals surface area contributed by atoms with Crippen LogP contribution in [0.4, 0.5) is 13.2 Å². The molecule has 0 fully saturated rings. The first kappa shape index (κ1) is 23.3. The molecule has 0 unspecified atom stereocenters. The van der Waals surface area contributed by atoms with Crippen molar-refractivity contribution in [3.63, 3.8) is 0 Å². The quantitative estimate of drug-likeness (QED) is 0.340. The number of Topliss-reactive ketones (excluding diaryl/α,β-unsaturated/α-hetero) is 1. The molecule has 0 aliphatic heterocycles. The van der Waals surface area contributed by atoms with E-state index in [9.17, 15) is 18.0 Å². The van der Waals surface area contributed by atoms with E-state index in [1.807, 2.05) is 23.9 Å². The highest BCUT2D eigenvalue weighted by Gasteiger charge is 2.30. The van der Waals surface area contributed by atoms with Gasteiger partial charge in [0.25, 0.3) is 0 Å². The topological polar surface area (TPSA) is 84.1 Å². The number of carbonyl (C=O) groups excluding carboxylic acids is 1. The van der Waals surface area contributed by atoms with Crippen molar-refractivity contribution in [1.29, 1.82) is 0 Å². The van der Waals surface area contributed by atoms with Gasteiger partial charge in [-0.3, -0.25) is 14.0 Å². The van der Waals surface area contributed by atoms with Crippen LogP contribution in [0.15, 0.2) is 43.1 Å². The van der Waals surface area contributed by atoms with E-state index >= 15 is 0 Å². The number of hydrogen-bond donors (Lipinski definition) is 0. The summed E-state index contributed by atoms with van der Waals surface area (Å²) >= 11 is 0. The summed E-state index contributed by atoms with van der Waals surface area (Å²) in [5, 5.41) is 4.28. The maximum absolute atomic E-state index is 12.6. The Labute approximate surface area is 192 Å². The highest BCUT2D eigenvalue weighted by atomic mass is 19.4. The number of nitrogens with zero attached hydrogens (tertiary/aromatic N) is 5. The lowest BCUT2D eigenvalue weighted by Gasteiger charge is -2.15. The lowest BCUT2D eigenvalue weighted by atomic mass is 10.0. The van der Waals surface area contributed by atoms with E-state index in [1.165, 1.54) is 14.2 Å². The predicted octanol–water partition coefficient (Wildman–Crippen LogP) is 4.85. The summed E-state index contributed by atoms with van der Waals surface area (Å²) in [5.74, 6) is -0.512. The second-order valence-electron chi connectivity index (χ2n) is 7.53. The molecule has 0 aliphatic rings. The lowest BCUT2D eigenvalue weighted by molar-refractivity contribution is -0.133. The Bertz CT molecular complexity index is 1320. The molecule has 3 aromatic heterocycles. The standard InChI is InChI=1S/C23H22F3N5O3/c1-4-30-12-15(11-29-30)14-7-17-22(27-10-14)31(13-28-17)16-8-19(33-2)21(20(9-16)34-3)18(32)5-6-23(24,25)26/h7-13H,4-6H2,1-3H3. The number of carbonyl (C=O) groups is 1. The van der Waals surface area contributed by atoms with Crippen molar-refractivity contribution in [2.75, 3.05) is 14.2 Å². The first-order valence-electron chi connectivity index (χ1n) is 10.5. The van der Waals surface area contributed by atoms with Crippen molar-refractivity contribution in [3.8, 4) is 28.3 Å². The number of rotatable bonds is 8. The molecule has 34 heavy (non-hydrogen) atoms. The first-order chi connectivity index (χ1) is 16.2. The van der Waals surface area contributed by atoms with Crippen LogP contribution in [-0.4, -0.2) is 50.5 Å². The minimum absolute atomic E-state index is 0.0365. The number of alkyl halides is 3. The minimum Gasteiger partial charge on any atom is -0.496 e. The van der Waals surface area contributed by atoms with Crippen molar-refractivity contribution < 1.29 is 27.4 Å². The molecule has 0 atom stereocenters. The molecule has 178 valence electrons. The van der Waals surface area contributed by atoms with E-state index in [0.29, 0.717) is 16.9 Å². The Morgan fingerprint density at radius 3 is 2.32 bits per heavy atom. The average Bonchev–Trinajstić information content (AvgIpc) is 3.47. The van der Waals surface area contributed by atoms with E-state index in [0.717, 1.165) is 17.7 Å². The number of hydrogen-bond acceptors (Lipinski definition) is 6. The zero-order valence-corrected chi connectivity index (χ0v) is 18.8.